The van der Waals surface area contributed by atoms with Gasteiger partial charge >= 0.3 is 5.97 Å². The lowest BCUT2D eigenvalue weighted by Crippen LogP contribution is -2.47. The van der Waals surface area contributed by atoms with Crippen LogP contribution in [0.4, 0.5) is 0 Å². The Kier molecular flexibility index (Phi) is 52.9. The molecule has 3 atom stereocenters. The summed E-state index contributed by atoms with van der Waals surface area (Å²) >= 11 is 0. The summed E-state index contributed by atoms with van der Waals surface area (Å²) in [5, 5.41) is 3.01. The number of allylic oxidation sites excluding steroid dienone is 11. The number of carbonyl (C=O) groups excluding carboxylic acids is 2. The number of hydrogen-bond donors (Lipinski definition) is 1. The fourth-order valence-corrected chi connectivity index (χ4v) is 9.44. The fraction of sp³-hybridized carbons (Fsp3) is 0.785. The molecule has 3 unspecified atom stereocenters. The van der Waals surface area contributed by atoms with Gasteiger partial charge in [-0.3, -0.25) is 14.2 Å². The Hall–Kier alpha value is -2.55. The van der Waals surface area contributed by atoms with Gasteiger partial charge in [0.05, 0.1) is 33.8 Å². The first-order valence-electron chi connectivity index (χ1n) is 31.2. The van der Waals surface area contributed by atoms with E-state index in [4.69, 9.17) is 13.8 Å². The highest BCUT2D eigenvalue weighted by atomic mass is 31.2. The summed E-state index contributed by atoms with van der Waals surface area (Å²) in [5.74, 6) is -0.555. The van der Waals surface area contributed by atoms with E-state index in [2.05, 4.69) is 86.8 Å². The number of nitrogens with one attached hydrogen (secondary N) is 1. The Morgan fingerprint density at radius 2 is 0.827 bits per heavy atom. The zero-order chi connectivity index (χ0) is 55.0. The van der Waals surface area contributed by atoms with Crippen molar-refractivity contribution in [3.63, 3.8) is 0 Å². The van der Waals surface area contributed by atoms with E-state index in [0.29, 0.717) is 17.4 Å². The highest BCUT2D eigenvalue weighted by Gasteiger charge is 2.27. The number of ether oxygens (including phenoxy) is 1. The molecule has 75 heavy (non-hydrogen) atoms. The average molecular weight is 1070 g/mol. The number of amides is 1. The third-order valence-electron chi connectivity index (χ3n) is 13.6. The highest BCUT2D eigenvalue weighted by molar-refractivity contribution is 7.45. The van der Waals surface area contributed by atoms with Gasteiger partial charge in [0.25, 0.3) is 7.82 Å². The van der Waals surface area contributed by atoms with Crippen LogP contribution in [0.3, 0.4) is 0 Å². The van der Waals surface area contributed by atoms with Crippen molar-refractivity contribution in [1.29, 1.82) is 0 Å². The maximum Gasteiger partial charge on any atom is 0.306 e. The van der Waals surface area contributed by atoms with Crippen molar-refractivity contribution in [3.8, 4) is 0 Å². The minimum Gasteiger partial charge on any atom is -0.756 e. The highest BCUT2D eigenvalue weighted by Crippen LogP contribution is 2.38. The summed E-state index contributed by atoms with van der Waals surface area (Å²) in [6, 6.07) is -0.894. The van der Waals surface area contributed by atoms with Crippen LogP contribution in [0.1, 0.15) is 278 Å². The molecule has 1 N–H and O–H groups in total. The molecule has 1 amide bonds. The third-order valence-corrected chi connectivity index (χ3v) is 14.6. The van der Waals surface area contributed by atoms with Crippen molar-refractivity contribution >= 4 is 19.7 Å². The molecule has 0 radical (unpaired) electrons. The van der Waals surface area contributed by atoms with Crippen LogP contribution >= 0.6 is 7.82 Å². The van der Waals surface area contributed by atoms with Crippen molar-refractivity contribution in [1.82, 2.24) is 5.32 Å². The molecule has 0 fully saturated rings. The van der Waals surface area contributed by atoms with Crippen LogP contribution in [-0.2, 0) is 27.9 Å². The lowest BCUT2D eigenvalue weighted by Gasteiger charge is -2.30. The quantitative estimate of drug-likeness (QED) is 0.0212. The molecule has 0 aromatic carbocycles. The van der Waals surface area contributed by atoms with Crippen LogP contribution < -0.4 is 10.2 Å². The SMILES string of the molecule is CCCC/C=C\CCCCCCCC(=O)NC(COP(=O)([O-])OCC[N+](C)(C)C)C(/C=C\CCCCCCCCCCC)OC(=O)CCCCCCCCCCCCC/C=C\C/C=C\C/C=C\C/C=C\CCCCC. The predicted octanol–water partition coefficient (Wildman–Crippen LogP) is 18.6. The topological polar surface area (TPSA) is 114 Å². The minimum absolute atomic E-state index is 0.0260. The molecular formula is C65H119N2O7P. The first kappa shape index (κ1) is 72.5. The number of phosphoric acid groups is 1. The number of esters is 1. The van der Waals surface area contributed by atoms with Crippen molar-refractivity contribution in [2.45, 2.75) is 290 Å². The standard InChI is InChI=1S/C65H119N2O7P/c1-7-10-13-16-19-22-25-26-27-28-29-30-31-32-33-34-35-36-37-38-39-40-43-46-49-52-55-58-65(69)74-63(56-53-50-47-44-41-23-20-17-14-11-8-2)62(61-73-75(70,71)72-60-59-67(4,5)6)66-64(68)57-54-51-48-45-42-24-21-18-15-12-9-3/h18-19,21-22,26-27,29-30,32-33,53,56,62-63H,7-17,20,23-25,28,31,34-52,54-55,57-61H2,1-6H3,(H-,66,68,70,71)/b21-18-,22-19-,27-26-,30-29-,33-32-,56-53-. The van der Waals surface area contributed by atoms with E-state index in [1.807, 2.05) is 33.3 Å². The van der Waals surface area contributed by atoms with E-state index in [1.54, 1.807) is 0 Å². The van der Waals surface area contributed by atoms with Crippen LogP contribution in [0.15, 0.2) is 72.9 Å². The summed E-state index contributed by atoms with van der Waals surface area (Å²) < 4.78 is 30.2. The number of nitrogens with zero attached hydrogens (tertiary/aromatic N) is 1. The fourth-order valence-electron chi connectivity index (χ4n) is 8.72. The Morgan fingerprint density at radius 3 is 1.29 bits per heavy atom. The van der Waals surface area contributed by atoms with E-state index in [-0.39, 0.29) is 24.9 Å². The maximum atomic E-state index is 13.4. The van der Waals surface area contributed by atoms with Gasteiger partial charge < -0.3 is 28.5 Å². The van der Waals surface area contributed by atoms with Gasteiger partial charge in [-0.1, -0.05) is 242 Å². The van der Waals surface area contributed by atoms with Crippen molar-refractivity contribution in [2.24, 2.45) is 0 Å². The molecule has 0 aliphatic heterocycles. The van der Waals surface area contributed by atoms with E-state index >= 15 is 0 Å². The normalized spacial score (nSPS) is 14.2. The summed E-state index contributed by atoms with van der Waals surface area (Å²) in [4.78, 5) is 39.8. The van der Waals surface area contributed by atoms with Crippen LogP contribution in [0.5, 0.6) is 0 Å². The second kappa shape index (κ2) is 54.8. The molecule has 0 bridgehead atoms. The average Bonchev–Trinajstić information content (AvgIpc) is 3.37. The number of likely N-dealkylation sites (N-methyl/N-ethyl adjacent to an activating group) is 1. The lowest BCUT2D eigenvalue weighted by atomic mass is 10.0. The van der Waals surface area contributed by atoms with Crippen molar-refractivity contribution in [3.05, 3.63) is 72.9 Å². The smallest absolute Gasteiger partial charge is 0.306 e. The second-order valence-corrected chi connectivity index (χ2v) is 23.6. The van der Waals surface area contributed by atoms with Gasteiger partial charge in [-0.2, -0.15) is 0 Å². The van der Waals surface area contributed by atoms with Crippen LogP contribution in [0.2, 0.25) is 0 Å². The van der Waals surface area contributed by atoms with Crippen molar-refractivity contribution in [2.75, 3.05) is 40.9 Å². The molecule has 9 nitrogen and oxygen atoms in total. The van der Waals surface area contributed by atoms with E-state index in [0.717, 1.165) is 103 Å². The minimum atomic E-state index is -4.70. The Bertz CT molecular complexity index is 1510. The Morgan fingerprint density at radius 1 is 0.467 bits per heavy atom. The second-order valence-electron chi connectivity index (χ2n) is 22.2. The molecule has 0 aliphatic rings. The molecule has 10 heteroatoms. The van der Waals surface area contributed by atoms with Crippen LogP contribution in [0, 0.1) is 0 Å². The van der Waals surface area contributed by atoms with Gasteiger partial charge in [-0.15, -0.1) is 0 Å². The first-order chi connectivity index (χ1) is 36.4. The number of rotatable bonds is 56. The van der Waals surface area contributed by atoms with Gasteiger partial charge in [0.1, 0.15) is 19.3 Å². The molecule has 0 saturated heterocycles. The molecule has 0 aromatic heterocycles. The molecule has 0 aliphatic carbocycles. The van der Waals surface area contributed by atoms with Gasteiger partial charge in [0.2, 0.25) is 5.91 Å². The molecule has 436 valence electrons. The summed E-state index contributed by atoms with van der Waals surface area (Å²) in [6.45, 7) is 6.76. The zero-order valence-electron chi connectivity index (χ0n) is 49.7. The molecule has 0 heterocycles. The molecule has 0 saturated carbocycles. The van der Waals surface area contributed by atoms with Crippen LogP contribution in [0.25, 0.3) is 0 Å². The third kappa shape index (κ3) is 56.0. The van der Waals surface area contributed by atoms with Gasteiger partial charge in [-0.25, -0.2) is 0 Å². The number of quaternary nitrogens is 1. The van der Waals surface area contributed by atoms with Crippen LogP contribution in [-0.4, -0.2) is 69.4 Å². The van der Waals surface area contributed by atoms with Gasteiger partial charge in [-0.05, 0) is 96.0 Å². The number of unbranched alkanes of at least 4 members (excludes halogenated alkanes) is 30. The zero-order valence-corrected chi connectivity index (χ0v) is 50.6. The van der Waals surface area contributed by atoms with Gasteiger partial charge in [0, 0.05) is 12.8 Å². The largest absolute Gasteiger partial charge is 0.756 e. The molecule has 0 spiro atoms. The maximum absolute atomic E-state index is 13.4. The summed E-state index contributed by atoms with van der Waals surface area (Å²) in [5.41, 5.74) is 0. The van der Waals surface area contributed by atoms with E-state index in [1.165, 1.54) is 141 Å². The summed E-state index contributed by atoms with van der Waals surface area (Å²) in [6.07, 6.45) is 70.2. The number of carbonyl (C=O) groups is 2. The number of phosphoric ester groups is 1. The molecular weight excluding hydrogens is 952 g/mol. The molecule has 0 rings (SSSR count). The summed E-state index contributed by atoms with van der Waals surface area (Å²) in [7, 11) is 1.17. The number of hydrogen-bond acceptors (Lipinski definition) is 7. The van der Waals surface area contributed by atoms with E-state index in [9.17, 15) is 19.0 Å². The monoisotopic (exact) mass is 1070 g/mol. The Labute approximate surface area is 463 Å². The van der Waals surface area contributed by atoms with Crippen molar-refractivity contribution < 1.29 is 37.3 Å². The lowest BCUT2D eigenvalue weighted by molar-refractivity contribution is -0.870. The van der Waals surface area contributed by atoms with Gasteiger partial charge in [0.15, 0.2) is 0 Å². The first-order valence-corrected chi connectivity index (χ1v) is 32.7. The van der Waals surface area contributed by atoms with E-state index < -0.39 is 26.6 Å². The Balaban J connectivity index is 5.02. The predicted molar refractivity (Wildman–Crippen MR) is 321 cm³/mol. The molecule has 0 aromatic rings.